The molecule has 25 nitrogen and oxygen atoms in total. The van der Waals surface area contributed by atoms with Gasteiger partial charge in [-0.3, -0.25) is 43.9 Å². The molecular weight excluding hydrogens is 1770 g/mol. The number of alkyl halides is 3. The molecule has 0 bridgehead atoms. The van der Waals surface area contributed by atoms with Gasteiger partial charge in [-0.05, 0) is 208 Å². The van der Waals surface area contributed by atoms with Crippen LogP contribution in [-0.4, -0.2) is 237 Å². The lowest BCUT2D eigenvalue weighted by Gasteiger charge is -2.42. The monoisotopic (exact) mass is 1920 g/mol. The number of benzene rings is 4. The smallest absolute Gasteiger partial charge is 0.401 e. The van der Waals surface area contributed by atoms with Crippen LogP contribution in [-0.2, 0) is 25.7 Å². The van der Waals surface area contributed by atoms with E-state index in [0.29, 0.717) is 120 Å². The van der Waals surface area contributed by atoms with Crippen LogP contribution < -0.4 is 19.6 Å². The summed E-state index contributed by atoms with van der Waals surface area (Å²) in [5.41, 5.74) is 10.2. The summed E-state index contributed by atoms with van der Waals surface area (Å²) in [5.74, 6) is 5.12. The fraction of sp³-hybridized carbons (Fsp3) is 0.579. The van der Waals surface area contributed by atoms with Gasteiger partial charge in [0.25, 0.3) is 6.01 Å². The van der Waals surface area contributed by atoms with E-state index in [1.807, 2.05) is 35.4 Å². The molecule has 4 atom stereocenters. The van der Waals surface area contributed by atoms with Gasteiger partial charge in [-0.25, -0.2) is 4.98 Å². The van der Waals surface area contributed by atoms with Gasteiger partial charge in [-0.2, -0.15) is 18.2 Å². The molecule has 5 N–H and O–H groups in total. The van der Waals surface area contributed by atoms with Crippen LogP contribution in [0.2, 0.25) is 0 Å². The Hall–Kier alpha value is -9.98. The van der Waals surface area contributed by atoms with Crippen LogP contribution in [0, 0.1) is 47.3 Å². The number of ketones is 4. The molecule has 4 aliphatic rings. The number of para-hydroxylation sites is 4. The summed E-state index contributed by atoms with van der Waals surface area (Å²) in [5, 5.41) is 31.7. The van der Waals surface area contributed by atoms with Gasteiger partial charge in [0.1, 0.15) is 0 Å². The van der Waals surface area contributed by atoms with E-state index in [1.54, 1.807) is 6.20 Å². The number of carbonyl (C=O) groups excluding carboxylic acids is 4. The number of aromatic nitrogens is 12. The van der Waals surface area contributed by atoms with Crippen molar-refractivity contribution in [3.63, 3.8) is 0 Å². The van der Waals surface area contributed by atoms with Crippen molar-refractivity contribution in [3.05, 3.63) is 172 Å². The predicted octanol–water partition coefficient (Wildman–Crippen LogP) is 22.4. The molecule has 0 aliphatic carbocycles. The minimum Gasteiger partial charge on any atom is -0.420 e. The average molecular weight is 1920 g/mol. The zero-order valence-corrected chi connectivity index (χ0v) is 85.9. The molecule has 4 fully saturated rings. The highest BCUT2D eigenvalue weighted by molar-refractivity contribution is 7.17. The Kier molecular flexibility index (Phi) is 36.4. The lowest BCUT2D eigenvalue weighted by atomic mass is 9.87. The van der Waals surface area contributed by atoms with Crippen molar-refractivity contribution in [2.24, 2.45) is 47.3 Å². The minimum atomic E-state index is -4.19. The number of hydrogen-bond donors (Lipinski definition) is 5. The van der Waals surface area contributed by atoms with Crippen molar-refractivity contribution in [1.82, 2.24) is 80.1 Å². The van der Waals surface area contributed by atoms with E-state index in [-0.39, 0.29) is 57.5 Å². The van der Waals surface area contributed by atoms with E-state index in [0.717, 1.165) is 183 Å². The molecule has 0 amide bonds. The summed E-state index contributed by atoms with van der Waals surface area (Å²) in [7, 11) is 0. The second kappa shape index (κ2) is 47.8. The summed E-state index contributed by atoms with van der Waals surface area (Å²) >= 11 is 2.71. The number of piperazine rings is 4. The molecule has 12 heterocycles. The van der Waals surface area contributed by atoms with Gasteiger partial charge >= 0.3 is 6.18 Å². The molecule has 4 aromatic carbocycles. The van der Waals surface area contributed by atoms with Gasteiger partial charge in [-0.15, -0.1) is 25.5 Å². The standard InChI is InChI=1S/C28H40N4O2.C27H40N6O.C27H39N5OS.C25H32F3N5OS/c1-20(2)10-11-21(16-22-18-29-24-9-7-6-8-23(22)24)17-25(33)26-19-30-27(34-26)31-12-14-32(15-13-31)28(3,4)5;1-19(2)10-11-20(16-21-18-28-23-9-7-6-8-22(21)23)17-24(34)25-29-26(31-30-25)32-12-14-33(15-13-32)27(3,4)5;1-19(2)10-11-20(16-21-18-28-23-9-7-6-8-22(21)23)17-24(33)25-29-30-26(34-25)31-12-14-32(15-13-31)27(3,4)5;1-17(2)7-8-18(13-19-15-29-21-6-4-3-5-20(19)21)14-22(34)23-30-31-24(35-23)33-11-9-32(10-12-33)16-25(26,27)28/h6-9,18-21,29H,10-17H2,1-5H3;6-9,18-20,28H,10-17H2,1-5H3,(H,29,30,31);6-9,18-20,28H,10-17H2,1-5H3;3-6,15,17-18,29H,7-14,16H2,1-2H3. The normalized spacial score (nSPS) is 16.4. The molecular formula is C107H151F3N20O5S2. The van der Waals surface area contributed by atoms with Crippen molar-refractivity contribution in [3.8, 4) is 0 Å². The third-order valence-electron chi connectivity index (χ3n) is 27.6. The quantitative estimate of drug-likeness (QED) is 0.0226. The van der Waals surface area contributed by atoms with Crippen molar-refractivity contribution < 1.29 is 36.8 Å². The first kappa shape index (κ1) is 104. The third kappa shape index (κ3) is 30.3. The van der Waals surface area contributed by atoms with Crippen molar-refractivity contribution in [1.29, 1.82) is 0 Å². The number of oxazole rings is 1. The maximum Gasteiger partial charge on any atom is 0.401 e. The molecule has 4 aliphatic heterocycles. The Labute approximate surface area is 816 Å². The summed E-state index contributed by atoms with van der Waals surface area (Å²) in [6, 6.07) is 33.9. The number of carbonyl (C=O) groups is 4. The topological polar surface area (TPSA) is 277 Å². The molecule has 8 aromatic heterocycles. The third-order valence-corrected chi connectivity index (χ3v) is 29.7. The van der Waals surface area contributed by atoms with Crippen molar-refractivity contribution >= 4 is 112 Å². The lowest BCUT2D eigenvalue weighted by molar-refractivity contribution is -0.146. The molecule has 0 spiro atoms. The number of rotatable bonds is 37. The number of anilines is 4. The van der Waals surface area contributed by atoms with Gasteiger partial charge in [-0.1, -0.05) is 177 Å². The van der Waals surface area contributed by atoms with Gasteiger partial charge in [0.05, 0.1) is 12.7 Å². The van der Waals surface area contributed by atoms with Gasteiger partial charge in [0.15, 0.2) is 44.7 Å². The number of nitrogens with zero attached hydrogens (tertiary/aromatic N) is 15. The molecule has 137 heavy (non-hydrogen) atoms. The fourth-order valence-electron chi connectivity index (χ4n) is 19.3. The SMILES string of the molecule is CC(C)CCC(CC(=O)c1cnc(N2CCN(C(C)(C)C)CC2)o1)Cc1c[nH]c2ccccc12.CC(C)CCC(CC(=O)c1nc(N2CCN(C(C)(C)C)CC2)n[nH]1)Cc1c[nH]c2ccccc12.CC(C)CCC(CC(=O)c1nnc(N2CCN(C(C)(C)C)CC2)s1)Cc1c[nH]c2ccccc12.CC(C)CCC(CC(=O)c1nnc(N2CCN(CC(F)(F)F)CC2)s1)Cc1c[nH]c2ccccc12. The zero-order valence-electron chi connectivity index (χ0n) is 84.3. The number of nitrogens with one attached hydrogen (secondary N) is 5. The molecule has 0 radical (unpaired) electrons. The van der Waals surface area contributed by atoms with Crippen LogP contribution in [0.5, 0.6) is 0 Å². The summed E-state index contributed by atoms with van der Waals surface area (Å²) in [6.07, 6.45) is 19.6. The van der Waals surface area contributed by atoms with Crippen LogP contribution >= 0.6 is 22.7 Å². The Morgan fingerprint density at radius 2 is 0.701 bits per heavy atom. The van der Waals surface area contributed by atoms with Crippen LogP contribution in [0.15, 0.2) is 132 Å². The van der Waals surface area contributed by atoms with E-state index in [9.17, 15) is 32.3 Å². The maximum atomic E-state index is 13.2. The number of halogens is 3. The van der Waals surface area contributed by atoms with Gasteiger partial charge in [0.2, 0.25) is 16.2 Å². The molecule has 742 valence electrons. The summed E-state index contributed by atoms with van der Waals surface area (Å²) in [6.45, 7) is 50.0. The first-order valence-electron chi connectivity index (χ1n) is 50.2. The number of fused-ring (bicyclic) bond motifs is 4. The maximum absolute atomic E-state index is 13.2. The van der Waals surface area contributed by atoms with Crippen LogP contribution in [0.3, 0.4) is 0 Å². The number of H-pyrrole nitrogens is 5. The van der Waals surface area contributed by atoms with E-state index in [1.165, 1.54) is 71.4 Å². The predicted molar refractivity (Wildman–Crippen MR) is 552 cm³/mol. The lowest BCUT2D eigenvalue weighted by Crippen LogP contribution is -2.53. The number of hydrogen-bond acceptors (Lipinski definition) is 22. The summed E-state index contributed by atoms with van der Waals surface area (Å²) < 4.78 is 43.9. The van der Waals surface area contributed by atoms with E-state index in [2.05, 4.69) is 299 Å². The summed E-state index contributed by atoms with van der Waals surface area (Å²) in [4.78, 5) is 92.7. The first-order chi connectivity index (χ1) is 65.3. The first-order valence-corrected chi connectivity index (χ1v) is 51.8. The second-order valence-electron chi connectivity index (χ2n) is 43.2. The molecule has 0 saturated carbocycles. The zero-order chi connectivity index (χ0) is 97.9. The average Bonchev–Trinajstić information content (AvgIpc) is 1.78. The highest BCUT2D eigenvalue weighted by Gasteiger charge is 2.36. The fourth-order valence-corrected chi connectivity index (χ4v) is 21.0. The molecule has 16 rings (SSSR count). The van der Waals surface area contributed by atoms with Crippen LogP contribution in [0.4, 0.5) is 35.4 Å². The largest absolute Gasteiger partial charge is 0.420 e. The van der Waals surface area contributed by atoms with Gasteiger partial charge in [0, 0.05) is 215 Å². The second-order valence-corrected chi connectivity index (χ2v) is 45.1. The van der Waals surface area contributed by atoms with E-state index >= 15 is 0 Å². The Bertz CT molecular complexity index is 5370. The highest BCUT2D eigenvalue weighted by Crippen LogP contribution is 2.37. The number of Topliss-reactive ketones (excluding diaryl/α,β-unsaturated/α-hetero) is 4. The van der Waals surface area contributed by atoms with Crippen LogP contribution in [0.1, 0.15) is 258 Å². The van der Waals surface area contributed by atoms with E-state index in [4.69, 9.17) is 4.42 Å². The molecule has 12 aromatic rings. The highest BCUT2D eigenvalue weighted by atomic mass is 32.1. The van der Waals surface area contributed by atoms with Crippen molar-refractivity contribution in [2.75, 3.05) is 131 Å². The Balaban J connectivity index is 0.000000154. The van der Waals surface area contributed by atoms with Gasteiger partial charge < -0.3 is 44.0 Å². The number of aromatic amines is 5. The van der Waals surface area contributed by atoms with Crippen molar-refractivity contribution in [2.45, 2.75) is 243 Å². The van der Waals surface area contributed by atoms with E-state index < -0.39 is 12.7 Å². The minimum absolute atomic E-state index is 0.0157. The van der Waals surface area contributed by atoms with Crippen LogP contribution in [0.25, 0.3) is 43.6 Å². The molecule has 4 saturated heterocycles. The molecule has 30 heteroatoms. The Morgan fingerprint density at radius 3 is 1.04 bits per heavy atom. The Morgan fingerprint density at radius 1 is 0.387 bits per heavy atom. The molecule has 4 unspecified atom stereocenters.